The number of hydrogen-bond donors (Lipinski definition) is 0. The van der Waals surface area contributed by atoms with Gasteiger partial charge in [0.2, 0.25) is 0 Å². The standard InChI is InChI=1S/C22H27N2.C2HF3O2/c1-23(20-5-3-2-4-6-20)21-7-9-24(10-8-21)22-14-17-11-18(15-22)13-19(12-17)16-22;3-2(4,5)1(6)7/h2-10,17-19H,11-16H2,1H3;(H,6,7)/q+1;/p-1. The molecule has 4 nitrogen and oxygen atoms in total. The van der Waals surface area contributed by atoms with Gasteiger partial charge in [-0.25, -0.2) is 0 Å². The molecular formula is C24H27F3N2O2. The van der Waals surface area contributed by atoms with Gasteiger partial charge in [0.05, 0.1) is 5.69 Å². The number of aromatic nitrogens is 1. The Bertz CT molecular complexity index is 877. The number of carboxylic acids is 1. The summed E-state index contributed by atoms with van der Waals surface area (Å²) in [7, 11) is 2.15. The summed E-state index contributed by atoms with van der Waals surface area (Å²) in [5.41, 5.74) is 2.94. The summed E-state index contributed by atoms with van der Waals surface area (Å²) in [5.74, 6) is -0.0197. The van der Waals surface area contributed by atoms with Gasteiger partial charge < -0.3 is 14.8 Å². The molecule has 0 spiro atoms. The van der Waals surface area contributed by atoms with E-state index >= 15 is 0 Å². The molecule has 4 fully saturated rings. The molecule has 0 saturated heterocycles. The van der Waals surface area contributed by atoms with E-state index < -0.39 is 12.1 Å². The quantitative estimate of drug-likeness (QED) is 0.690. The molecule has 0 atom stereocenters. The third-order valence-electron chi connectivity index (χ3n) is 7.13. The van der Waals surface area contributed by atoms with Crippen LogP contribution < -0.4 is 14.6 Å². The minimum atomic E-state index is -5.19. The smallest absolute Gasteiger partial charge is 0.430 e. The van der Waals surface area contributed by atoms with Gasteiger partial charge in [0.1, 0.15) is 5.97 Å². The number of carboxylic acid groups (broad SMARTS) is 1. The van der Waals surface area contributed by atoms with E-state index in [4.69, 9.17) is 9.90 Å². The van der Waals surface area contributed by atoms with E-state index in [-0.39, 0.29) is 0 Å². The first-order chi connectivity index (χ1) is 14.7. The molecule has 1 heterocycles. The second-order valence-electron chi connectivity index (χ2n) is 9.29. The zero-order chi connectivity index (χ0) is 22.2. The lowest BCUT2D eigenvalue weighted by atomic mass is 9.53. The number of nitrogens with zero attached hydrogens (tertiary/aromatic N) is 2. The molecule has 4 aliphatic carbocycles. The SMILES string of the molecule is CN(c1ccccc1)c1cc[n+](C23CC4CC(CC(C4)C2)C3)cc1.O=C([O-])C(F)(F)F. The summed E-state index contributed by atoms with van der Waals surface area (Å²) in [5, 5.41) is 8.78. The Balaban J connectivity index is 0.000000289. The number of benzene rings is 1. The third kappa shape index (κ3) is 4.55. The van der Waals surface area contributed by atoms with Crippen molar-refractivity contribution in [2.75, 3.05) is 11.9 Å². The summed E-state index contributed by atoms with van der Waals surface area (Å²) in [6.45, 7) is 0. The molecule has 0 aliphatic heterocycles. The van der Waals surface area contributed by atoms with Crippen molar-refractivity contribution in [3.8, 4) is 0 Å². The van der Waals surface area contributed by atoms with Crippen LogP contribution >= 0.6 is 0 Å². The molecular weight excluding hydrogens is 405 g/mol. The van der Waals surface area contributed by atoms with E-state index in [0.29, 0.717) is 5.54 Å². The van der Waals surface area contributed by atoms with E-state index in [1.165, 1.54) is 49.9 Å². The molecule has 0 amide bonds. The Labute approximate surface area is 180 Å². The van der Waals surface area contributed by atoms with Gasteiger partial charge in [-0.3, -0.25) is 0 Å². The summed E-state index contributed by atoms with van der Waals surface area (Å²) in [4.78, 5) is 11.1. The van der Waals surface area contributed by atoms with Crippen LogP contribution in [0.5, 0.6) is 0 Å². The second-order valence-corrected chi connectivity index (χ2v) is 9.29. The zero-order valence-electron chi connectivity index (χ0n) is 17.5. The monoisotopic (exact) mass is 432 g/mol. The van der Waals surface area contributed by atoms with Crippen molar-refractivity contribution in [2.24, 2.45) is 17.8 Å². The van der Waals surface area contributed by atoms with E-state index in [2.05, 4.69) is 71.4 Å². The minimum absolute atomic E-state index is 0.429. The maximum atomic E-state index is 10.5. The number of carbonyl (C=O) groups is 1. The first kappa shape index (κ1) is 21.7. The fourth-order valence-corrected chi connectivity index (χ4v) is 6.14. The summed E-state index contributed by atoms with van der Waals surface area (Å²) in [6, 6.07) is 15.2. The highest BCUT2D eigenvalue weighted by molar-refractivity contribution is 5.70. The molecule has 0 N–H and O–H groups in total. The fourth-order valence-electron chi connectivity index (χ4n) is 6.14. The van der Waals surface area contributed by atoms with Crippen molar-refractivity contribution in [1.29, 1.82) is 0 Å². The van der Waals surface area contributed by atoms with Crippen LogP contribution in [0.15, 0.2) is 54.9 Å². The van der Waals surface area contributed by atoms with Crippen molar-refractivity contribution in [3.05, 3.63) is 54.9 Å². The first-order valence-electron chi connectivity index (χ1n) is 10.7. The van der Waals surface area contributed by atoms with Crippen molar-refractivity contribution >= 4 is 17.3 Å². The van der Waals surface area contributed by atoms with E-state index in [9.17, 15) is 13.2 Å². The fraction of sp³-hybridized carbons (Fsp3) is 0.500. The van der Waals surface area contributed by atoms with Crippen molar-refractivity contribution in [3.63, 3.8) is 0 Å². The highest BCUT2D eigenvalue weighted by Gasteiger charge is 2.56. The number of aliphatic carboxylic acids is 1. The van der Waals surface area contributed by atoms with Gasteiger partial charge in [0, 0.05) is 44.1 Å². The molecule has 4 aliphatic rings. The molecule has 1 aromatic carbocycles. The van der Waals surface area contributed by atoms with Gasteiger partial charge in [-0.05, 0) is 49.1 Å². The molecule has 7 heteroatoms. The van der Waals surface area contributed by atoms with Crippen LogP contribution in [-0.2, 0) is 10.3 Å². The van der Waals surface area contributed by atoms with Gasteiger partial charge in [-0.15, -0.1) is 0 Å². The minimum Gasteiger partial charge on any atom is -0.542 e. The zero-order valence-corrected chi connectivity index (χ0v) is 17.5. The second kappa shape index (κ2) is 8.17. The van der Waals surface area contributed by atoms with Gasteiger partial charge in [0.15, 0.2) is 17.9 Å². The highest BCUT2D eigenvalue weighted by Crippen LogP contribution is 2.56. The molecule has 4 bridgehead atoms. The van der Waals surface area contributed by atoms with Crippen molar-refractivity contribution < 1.29 is 27.6 Å². The number of carbonyl (C=O) groups excluding carboxylic acids is 1. The van der Waals surface area contributed by atoms with Crippen molar-refractivity contribution in [2.45, 2.75) is 50.2 Å². The number of pyridine rings is 1. The number of rotatable bonds is 3. The lowest BCUT2D eigenvalue weighted by Gasteiger charge is -2.53. The topological polar surface area (TPSA) is 47.2 Å². The average Bonchev–Trinajstić information content (AvgIpc) is 2.73. The van der Waals surface area contributed by atoms with Crippen molar-refractivity contribution in [1.82, 2.24) is 0 Å². The van der Waals surface area contributed by atoms with E-state index in [0.717, 1.165) is 17.8 Å². The van der Waals surface area contributed by atoms with Crippen LogP contribution in [0, 0.1) is 17.8 Å². The normalized spacial score (nSPS) is 28.6. The van der Waals surface area contributed by atoms with Gasteiger partial charge >= 0.3 is 6.18 Å². The van der Waals surface area contributed by atoms with Gasteiger partial charge in [0.25, 0.3) is 0 Å². The Kier molecular flexibility index (Phi) is 5.71. The van der Waals surface area contributed by atoms with Crippen LogP contribution in [0.1, 0.15) is 38.5 Å². The number of halogens is 3. The van der Waals surface area contributed by atoms with E-state index in [1.54, 1.807) is 0 Å². The Hall–Kier alpha value is -2.57. The van der Waals surface area contributed by atoms with Gasteiger partial charge in [-0.2, -0.15) is 17.7 Å². The predicted molar refractivity (Wildman–Crippen MR) is 108 cm³/mol. The number of anilines is 2. The molecule has 6 rings (SSSR count). The molecule has 0 radical (unpaired) electrons. The largest absolute Gasteiger partial charge is 0.542 e. The Morgan fingerprint density at radius 1 is 0.935 bits per heavy atom. The van der Waals surface area contributed by atoms with Crippen LogP contribution in [0.4, 0.5) is 24.5 Å². The summed E-state index contributed by atoms with van der Waals surface area (Å²) >= 11 is 0. The van der Waals surface area contributed by atoms with Crippen LogP contribution in [0.25, 0.3) is 0 Å². The van der Waals surface area contributed by atoms with E-state index in [1.807, 2.05) is 0 Å². The lowest BCUT2D eigenvalue weighted by Crippen LogP contribution is -2.64. The Morgan fingerprint density at radius 3 is 1.77 bits per heavy atom. The third-order valence-corrected chi connectivity index (χ3v) is 7.13. The summed E-state index contributed by atoms with van der Waals surface area (Å²) in [6.07, 6.45) is 8.27. The lowest BCUT2D eigenvalue weighted by molar-refractivity contribution is -0.776. The predicted octanol–water partition coefficient (Wildman–Crippen LogP) is 3.97. The van der Waals surface area contributed by atoms with Crippen LogP contribution in [-0.4, -0.2) is 19.2 Å². The summed E-state index contributed by atoms with van der Waals surface area (Å²) < 4.78 is 34.1. The maximum Gasteiger partial charge on any atom is 0.430 e. The maximum absolute atomic E-state index is 10.5. The molecule has 31 heavy (non-hydrogen) atoms. The van der Waals surface area contributed by atoms with Gasteiger partial charge in [-0.1, -0.05) is 18.2 Å². The molecule has 0 unspecified atom stereocenters. The van der Waals surface area contributed by atoms with Crippen LogP contribution in [0.3, 0.4) is 0 Å². The molecule has 4 saturated carbocycles. The first-order valence-corrected chi connectivity index (χ1v) is 10.7. The highest BCUT2D eigenvalue weighted by atomic mass is 19.4. The molecule has 2 aromatic rings. The number of para-hydroxylation sites is 1. The Morgan fingerprint density at radius 2 is 1.35 bits per heavy atom. The van der Waals surface area contributed by atoms with Crippen LogP contribution in [0.2, 0.25) is 0 Å². The molecule has 1 aromatic heterocycles. The number of alkyl halides is 3. The molecule has 166 valence electrons. The average molecular weight is 432 g/mol. The number of hydrogen-bond acceptors (Lipinski definition) is 3.